The molecule has 1 amide bonds. The van der Waals surface area contributed by atoms with Crippen molar-refractivity contribution < 1.29 is 4.79 Å². The minimum Gasteiger partial charge on any atom is -0.348 e. The summed E-state index contributed by atoms with van der Waals surface area (Å²) in [6.07, 6.45) is 0.847. The first-order valence-electron chi connectivity index (χ1n) is 5.53. The van der Waals surface area contributed by atoms with Crippen LogP contribution in [-0.4, -0.2) is 17.8 Å². The van der Waals surface area contributed by atoms with Crippen molar-refractivity contribution in [2.45, 2.75) is 33.2 Å². The van der Waals surface area contributed by atoms with E-state index in [2.05, 4.69) is 5.32 Å². The quantitative estimate of drug-likeness (QED) is 0.804. The molecule has 1 unspecified atom stereocenters. The molecule has 0 aromatic heterocycles. The Bertz CT molecular complexity index is 372. The van der Waals surface area contributed by atoms with Crippen molar-refractivity contribution >= 4 is 17.5 Å². The van der Waals surface area contributed by atoms with Gasteiger partial charge in [-0.05, 0) is 37.5 Å². The van der Waals surface area contributed by atoms with E-state index in [-0.39, 0.29) is 11.9 Å². The molecule has 1 aromatic carbocycles. The van der Waals surface area contributed by atoms with E-state index in [0.29, 0.717) is 5.88 Å². The van der Waals surface area contributed by atoms with Gasteiger partial charge in [0.15, 0.2) is 0 Å². The lowest BCUT2D eigenvalue weighted by Gasteiger charge is -2.15. The van der Waals surface area contributed by atoms with E-state index in [4.69, 9.17) is 11.6 Å². The van der Waals surface area contributed by atoms with Gasteiger partial charge in [0.25, 0.3) is 5.91 Å². The summed E-state index contributed by atoms with van der Waals surface area (Å²) in [4.78, 5) is 12.0. The number of hydrogen-bond acceptors (Lipinski definition) is 1. The molecule has 1 rings (SSSR count). The van der Waals surface area contributed by atoms with Gasteiger partial charge in [-0.2, -0.15) is 0 Å². The minimum absolute atomic E-state index is 0.0336. The third-order valence-corrected chi connectivity index (χ3v) is 3.24. The molecule has 0 spiro atoms. The third-order valence-electron chi connectivity index (χ3n) is 2.86. The molecule has 0 saturated heterocycles. The van der Waals surface area contributed by atoms with Crippen molar-refractivity contribution in [3.8, 4) is 0 Å². The van der Waals surface area contributed by atoms with E-state index in [0.717, 1.165) is 23.1 Å². The van der Waals surface area contributed by atoms with Crippen LogP contribution >= 0.6 is 11.6 Å². The van der Waals surface area contributed by atoms with E-state index in [1.807, 2.05) is 39.0 Å². The zero-order chi connectivity index (χ0) is 12.1. The number of benzene rings is 1. The Kier molecular flexibility index (Phi) is 4.81. The summed E-state index contributed by atoms with van der Waals surface area (Å²) in [5, 5.41) is 2.93. The Morgan fingerprint density at radius 1 is 1.44 bits per heavy atom. The summed E-state index contributed by atoms with van der Waals surface area (Å²) in [6, 6.07) is 5.80. The molecule has 0 bridgehead atoms. The Morgan fingerprint density at radius 2 is 2.12 bits per heavy atom. The number of nitrogens with one attached hydrogen (secondary N) is 1. The van der Waals surface area contributed by atoms with Crippen LogP contribution in [0.2, 0.25) is 0 Å². The lowest BCUT2D eigenvalue weighted by molar-refractivity contribution is 0.0939. The fourth-order valence-corrected chi connectivity index (χ4v) is 1.81. The Morgan fingerprint density at radius 3 is 2.69 bits per heavy atom. The predicted octanol–water partition coefficient (Wildman–Crippen LogP) is 3.05. The molecule has 2 nitrogen and oxygen atoms in total. The lowest BCUT2D eigenvalue weighted by atomic mass is 10.0. The Balaban J connectivity index is 2.84. The molecule has 88 valence electrons. The molecular weight excluding hydrogens is 222 g/mol. The highest BCUT2D eigenvalue weighted by Gasteiger charge is 2.13. The molecule has 0 radical (unpaired) electrons. The number of amides is 1. The van der Waals surface area contributed by atoms with Crippen LogP contribution in [0.15, 0.2) is 18.2 Å². The van der Waals surface area contributed by atoms with E-state index in [1.54, 1.807) is 0 Å². The van der Waals surface area contributed by atoms with E-state index in [9.17, 15) is 4.79 Å². The summed E-state index contributed by atoms with van der Waals surface area (Å²) >= 11 is 5.76. The highest BCUT2D eigenvalue weighted by molar-refractivity contribution is 6.18. The molecule has 0 heterocycles. The second-order valence-electron chi connectivity index (χ2n) is 3.98. The molecule has 0 aliphatic rings. The summed E-state index contributed by atoms with van der Waals surface area (Å²) in [5.41, 5.74) is 2.90. The van der Waals surface area contributed by atoms with Crippen LogP contribution in [-0.2, 0) is 0 Å². The van der Waals surface area contributed by atoms with Crippen LogP contribution in [0.4, 0.5) is 0 Å². The second kappa shape index (κ2) is 5.90. The SMILES string of the molecule is CCC(CCl)NC(=O)c1cccc(C)c1C. The lowest BCUT2D eigenvalue weighted by Crippen LogP contribution is -2.36. The topological polar surface area (TPSA) is 29.1 Å². The van der Waals surface area contributed by atoms with Gasteiger partial charge >= 0.3 is 0 Å². The maximum atomic E-state index is 12.0. The summed E-state index contributed by atoms with van der Waals surface area (Å²) < 4.78 is 0. The first-order valence-corrected chi connectivity index (χ1v) is 6.06. The van der Waals surface area contributed by atoms with Crippen LogP contribution in [0.3, 0.4) is 0 Å². The zero-order valence-corrected chi connectivity index (χ0v) is 10.8. The van der Waals surface area contributed by atoms with Crippen LogP contribution in [0.1, 0.15) is 34.8 Å². The molecule has 0 aliphatic heterocycles. The van der Waals surface area contributed by atoms with Crippen molar-refractivity contribution in [3.63, 3.8) is 0 Å². The molecule has 0 aliphatic carbocycles. The van der Waals surface area contributed by atoms with Gasteiger partial charge < -0.3 is 5.32 Å². The summed E-state index contributed by atoms with van der Waals surface area (Å²) in [6.45, 7) is 5.98. The van der Waals surface area contributed by atoms with Gasteiger partial charge in [-0.1, -0.05) is 19.1 Å². The smallest absolute Gasteiger partial charge is 0.251 e. The van der Waals surface area contributed by atoms with Gasteiger partial charge in [0.1, 0.15) is 0 Å². The van der Waals surface area contributed by atoms with Crippen LogP contribution in [0.25, 0.3) is 0 Å². The molecule has 1 N–H and O–H groups in total. The van der Waals surface area contributed by atoms with E-state index in [1.165, 1.54) is 0 Å². The maximum absolute atomic E-state index is 12.0. The maximum Gasteiger partial charge on any atom is 0.251 e. The van der Waals surface area contributed by atoms with Gasteiger partial charge in [-0.25, -0.2) is 0 Å². The number of rotatable bonds is 4. The van der Waals surface area contributed by atoms with E-state index >= 15 is 0 Å². The van der Waals surface area contributed by atoms with Crippen molar-refractivity contribution in [3.05, 3.63) is 34.9 Å². The first-order chi connectivity index (χ1) is 7.60. The molecule has 0 fully saturated rings. The predicted molar refractivity (Wildman–Crippen MR) is 68.2 cm³/mol. The van der Waals surface area contributed by atoms with E-state index < -0.39 is 0 Å². The van der Waals surface area contributed by atoms with Gasteiger partial charge in [0.05, 0.1) is 0 Å². The highest BCUT2D eigenvalue weighted by Crippen LogP contribution is 2.12. The average molecular weight is 240 g/mol. The molecule has 1 atom stereocenters. The van der Waals surface area contributed by atoms with Gasteiger partial charge in [0, 0.05) is 17.5 Å². The zero-order valence-electron chi connectivity index (χ0n) is 10.0. The standard InChI is InChI=1S/C13H18ClNO/c1-4-11(8-14)15-13(16)12-7-5-6-9(2)10(12)3/h5-7,11H,4,8H2,1-3H3,(H,15,16). The number of hydrogen-bond donors (Lipinski definition) is 1. The average Bonchev–Trinajstić information content (AvgIpc) is 2.29. The first kappa shape index (κ1) is 13.0. The van der Waals surface area contributed by atoms with Crippen LogP contribution in [0.5, 0.6) is 0 Å². The van der Waals surface area contributed by atoms with Gasteiger partial charge in [0.2, 0.25) is 0 Å². The third kappa shape index (κ3) is 2.99. The van der Waals surface area contributed by atoms with Crippen molar-refractivity contribution in [1.82, 2.24) is 5.32 Å². The number of carbonyl (C=O) groups excluding carboxylic acids is 1. The van der Waals surface area contributed by atoms with Crippen LogP contribution in [0, 0.1) is 13.8 Å². The Labute approximate surface area is 102 Å². The van der Waals surface area contributed by atoms with Crippen molar-refractivity contribution in [2.24, 2.45) is 0 Å². The normalized spacial score (nSPS) is 12.2. The Hall–Kier alpha value is -1.02. The summed E-state index contributed by atoms with van der Waals surface area (Å²) in [7, 11) is 0. The monoisotopic (exact) mass is 239 g/mol. The fraction of sp³-hybridized carbons (Fsp3) is 0.462. The number of halogens is 1. The minimum atomic E-state index is -0.0336. The van der Waals surface area contributed by atoms with Gasteiger partial charge in [-0.15, -0.1) is 11.6 Å². The largest absolute Gasteiger partial charge is 0.348 e. The molecular formula is C13H18ClNO. The molecule has 16 heavy (non-hydrogen) atoms. The van der Waals surface area contributed by atoms with Crippen LogP contribution < -0.4 is 5.32 Å². The fourth-order valence-electron chi connectivity index (χ4n) is 1.51. The van der Waals surface area contributed by atoms with Gasteiger partial charge in [-0.3, -0.25) is 4.79 Å². The second-order valence-corrected chi connectivity index (χ2v) is 4.29. The summed E-state index contributed by atoms with van der Waals surface area (Å²) in [5.74, 6) is 0.418. The van der Waals surface area contributed by atoms with Crippen molar-refractivity contribution in [1.29, 1.82) is 0 Å². The van der Waals surface area contributed by atoms with Crippen molar-refractivity contribution in [2.75, 3.05) is 5.88 Å². The highest BCUT2D eigenvalue weighted by atomic mass is 35.5. The number of carbonyl (C=O) groups is 1. The molecule has 3 heteroatoms. The number of alkyl halides is 1. The molecule has 0 saturated carbocycles. The number of aryl methyl sites for hydroxylation is 1. The molecule has 1 aromatic rings.